The number of rotatable bonds is 11. The number of alkyl halides is 3. The van der Waals surface area contributed by atoms with E-state index in [0.29, 0.717) is 18.6 Å². The topological polar surface area (TPSA) is 49.9 Å². The highest BCUT2D eigenvalue weighted by molar-refractivity contribution is 7.09. The van der Waals surface area contributed by atoms with Gasteiger partial charge in [0.25, 0.3) is 5.91 Å². The van der Waals surface area contributed by atoms with Crippen LogP contribution in [0, 0.1) is 5.82 Å². The van der Waals surface area contributed by atoms with E-state index in [1.165, 1.54) is 47.6 Å². The van der Waals surface area contributed by atoms with Crippen LogP contribution in [0.1, 0.15) is 32.8 Å². The smallest absolute Gasteiger partial charge is 0.385 e. The van der Waals surface area contributed by atoms with Crippen molar-refractivity contribution in [1.29, 1.82) is 0 Å². The number of thiophene rings is 1. The van der Waals surface area contributed by atoms with Crippen LogP contribution in [0.15, 0.2) is 66.0 Å². The Hall–Kier alpha value is -3.24. The van der Waals surface area contributed by atoms with Crippen LogP contribution < -0.4 is 0 Å². The zero-order valence-corrected chi connectivity index (χ0v) is 20.4. The summed E-state index contributed by atoms with van der Waals surface area (Å²) in [6.45, 7) is 0.566. The van der Waals surface area contributed by atoms with E-state index in [0.717, 1.165) is 17.0 Å². The zero-order chi connectivity index (χ0) is 26.1. The van der Waals surface area contributed by atoms with Gasteiger partial charge in [-0.25, -0.2) is 4.39 Å². The summed E-state index contributed by atoms with van der Waals surface area (Å²) < 4.78 is 58.0. The molecule has 0 N–H and O–H groups in total. The van der Waals surface area contributed by atoms with Gasteiger partial charge >= 0.3 is 6.18 Å². The Bertz CT molecular complexity index is 1130. The lowest BCUT2D eigenvalue weighted by molar-refractivity contribution is -0.137. The lowest BCUT2D eigenvalue weighted by Gasteiger charge is -2.28. The third kappa shape index (κ3) is 7.89. The van der Waals surface area contributed by atoms with Gasteiger partial charge in [-0.05, 0) is 53.8 Å². The van der Waals surface area contributed by atoms with Crippen LogP contribution >= 0.6 is 11.3 Å². The average Bonchev–Trinajstić information content (AvgIpc) is 3.37. The van der Waals surface area contributed by atoms with Crippen LogP contribution in [0.3, 0.4) is 0 Å². The minimum atomic E-state index is -4.60. The lowest BCUT2D eigenvalue weighted by atomic mass is 10.1. The maximum Gasteiger partial charge on any atom is 0.416 e. The van der Waals surface area contributed by atoms with Gasteiger partial charge in [-0.3, -0.25) is 9.59 Å². The third-order valence-corrected chi connectivity index (χ3v) is 6.25. The first-order valence-corrected chi connectivity index (χ1v) is 12.1. The molecule has 3 rings (SSSR count). The highest BCUT2D eigenvalue weighted by Gasteiger charge is 2.31. The monoisotopic (exact) mass is 522 g/mol. The first-order chi connectivity index (χ1) is 17.2. The molecule has 0 aliphatic carbocycles. The summed E-state index contributed by atoms with van der Waals surface area (Å²) in [7, 11) is 1.50. The molecule has 3 aromatic rings. The molecule has 36 heavy (non-hydrogen) atoms. The highest BCUT2D eigenvalue weighted by Crippen LogP contribution is 2.30. The number of nitrogens with zero attached hydrogens (tertiary/aromatic N) is 2. The van der Waals surface area contributed by atoms with E-state index in [1.807, 2.05) is 17.5 Å². The summed E-state index contributed by atoms with van der Waals surface area (Å²) in [6, 6.07) is 13.6. The van der Waals surface area contributed by atoms with E-state index in [2.05, 4.69) is 0 Å². The standard InChI is InChI=1S/C26H26F4N2O3S/c1-35-13-4-12-31(25(34)20-5-2-6-21(15-20)26(28,29)30)18-24(33)32(17-23-7-3-14-36-23)16-19-8-10-22(27)11-9-19/h2-3,5-11,14-15H,4,12-13,16-18H2,1H3. The van der Waals surface area contributed by atoms with Gasteiger partial charge in [-0.1, -0.05) is 24.3 Å². The Morgan fingerprint density at radius 3 is 2.36 bits per heavy atom. The second-order valence-corrected chi connectivity index (χ2v) is 9.14. The second kappa shape index (κ2) is 12.6. The summed E-state index contributed by atoms with van der Waals surface area (Å²) in [5.41, 5.74) is -0.387. The van der Waals surface area contributed by atoms with Crippen LogP contribution in [0.4, 0.5) is 17.6 Å². The highest BCUT2D eigenvalue weighted by atomic mass is 32.1. The quantitative estimate of drug-likeness (QED) is 0.243. The van der Waals surface area contributed by atoms with Gasteiger partial charge < -0.3 is 14.5 Å². The number of amides is 2. The van der Waals surface area contributed by atoms with Crippen molar-refractivity contribution < 1.29 is 31.9 Å². The van der Waals surface area contributed by atoms with Gasteiger partial charge in [0.2, 0.25) is 5.91 Å². The number of hydrogen-bond donors (Lipinski definition) is 0. The molecule has 0 aliphatic heterocycles. The van der Waals surface area contributed by atoms with Crippen molar-refractivity contribution in [3.63, 3.8) is 0 Å². The molecule has 192 valence electrons. The minimum absolute atomic E-state index is 0.123. The van der Waals surface area contributed by atoms with Crippen LogP contribution in [0.2, 0.25) is 0 Å². The van der Waals surface area contributed by atoms with Gasteiger partial charge in [-0.15, -0.1) is 11.3 Å². The molecule has 0 aliphatic rings. The van der Waals surface area contributed by atoms with E-state index < -0.39 is 23.5 Å². The predicted molar refractivity (Wildman–Crippen MR) is 129 cm³/mol. The number of carbonyl (C=O) groups excluding carboxylic acids is 2. The van der Waals surface area contributed by atoms with Crippen molar-refractivity contribution >= 4 is 23.2 Å². The molecule has 0 unspecified atom stereocenters. The fraction of sp³-hybridized carbons (Fsp3) is 0.308. The molecular weight excluding hydrogens is 496 g/mol. The summed E-state index contributed by atoms with van der Waals surface area (Å²) in [5.74, 6) is -1.46. The molecule has 0 saturated heterocycles. The maximum absolute atomic E-state index is 13.4. The number of methoxy groups -OCH3 is 1. The summed E-state index contributed by atoms with van der Waals surface area (Å²) in [5, 5.41) is 1.88. The van der Waals surface area contributed by atoms with Crippen LogP contribution in [0.5, 0.6) is 0 Å². The van der Waals surface area contributed by atoms with Gasteiger partial charge in [-0.2, -0.15) is 13.2 Å². The Morgan fingerprint density at radius 1 is 0.972 bits per heavy atom. The molecule has 0 fully saturated rings. The maximum atomic E-state index is 13.4. The molecule has 2 amide bonds. The lowest BCUT2D eigenvalue weighted by Crippen LogP contribution is -2.43. The average molecular weight is 523 g/mol. The normalized spacial score (nSPS) is 11.4. The summed E-state index contributed by atoms with van der Waals surface area (Å²) >= 11 is 1.47. The van der Waals surface area contributed by atoms with Crippen molar-refractivity contribution in [3.8, 4) is 0 Å². The van der Waals surface area contributed by atoms with Gasteiger partial charge in [0.05, 0.1) is 12.1 Å². The number of benzene rings is 2. The minimum Gasteiger partial charge on any atom is -0.385 e. The fourth-order valence-electron chi connectivity index (χ4n) is 3.56. The van der Waals surface area contributed by atoms with Crippen LogP contribution in [0.25, 0.3) is 0 Å². The Labute approximate surface area is 210 Å². The number of ether oxygens (including phenoxy) is 1. The van der Waals surface area contributed by atoms with Crippen molar-refractivity contribution in [2.45, 2.75) is 25.7 Å². The van der Waals surface area contributed by atoms with E-state index >= 15 is 0 Å². The van der Waals surface area contributed by atoms with E-state index in [-0.39, 0.29) is 37.6 Å². The SMILES string of the molecule is COCCCN(CC(=O)N(Cc1ccc(F)cc1)Cc1cccs1)C(=O)c1cccc(C(F)(F)F)c1. The van der Waals surface area contributed by atoms with E-state index in [1.54, 1.807) is 17.0 Å². The first-order valence-electron chi connectivity index (χ1n) is 11.2. The Morgan fingerprint density at radius 2 is 1.72 bits per heavy atom. The molecule has 1 aromatic heterocycles. The molecule has 0 saturated carbocycles. The van der Waals surface area contributed by atoms with Crippen LogP contribution in [-0.4, -0.2) is 48.4 Å². The first kappa shape index (κ1) is 27.3. The largest absolute Gasteiger partial charge is 0.416 e. The number of halogens is 4. The molecule has 2 aromatic carbocycles. The molecule has 1 heterocycles. The Kier molecular flexibility index (Phi) is 9.60. The van der Waals surface area contributed by atoms with Crippen molar-refractivity contribution in [3.05, 3.63) is 93.4 Å². The Balaban J connectivity index is 1.83. The summed E-state index contributed by atoms with van der Waals surface area (Å²) in [4.78, 5) is 30.3. The van der Waals surface area contributed by atoms with Crippen molar-refractivity contribution in [2.75, 3.05) is 26.8 Å². The molecule has 0 bridgehead atoms. The zero-order valence-electron chi connectivity index (χ0n) is 19.6. The van der Waals surface area contributed by atoms with Gasteiger partial charge in [0, 0.05) is 37.2 Å². The fourth-order valence-corrected chi connectivity index (χ4v) is 4.28. The molecule has 10 heteroatoms. The summed E-state index contributed by atoms with van der Waals surface area (Å²) in [6.07, 6.45) is -4.20. The van der Waals surface area contributed by atoms with Gasteiger partial charge in [0.1, 0.15) is 12.4 Å². The molecule has 0 spiro atoms. The number of hydrogen-bond acceptors (Lipinski definition) is 4. The van der Waals surface area contributed by atoms with Crippen LogP contribution in [-0.2, 0) is 28.8 Å². The molecule has 5 nitrogen and oxygen atoms in total. The second-order valence-electron chi connectivity index (χ2n) is 8.11. The van der Waals surface area contributed by atoms with Crippen molar-refractivity contribution in [2.24, 2.45) is 0 Å². The van der Waals surface area contributed by atoms with E-state index in [9.17, 15) is 27.2 Å². The molecule has 0 atom stereocenters. The van der Waals surface area contributed by atoms with Crippen molar-refractivity contribution in [1.82, 2.24) is 9.80 Å². The van der Waals surface area contributed by atoms with E-state index in [4.69, 9.17) is 4.74 Å². The predicted octanol–water partition coefficient (Wildman–Crippen LogP) is 5.61. The third-order valence-electron chi connectivity index (χ3n) is 5.39. The number of carbonyl (C=O) groups is 2. The molecule has 0 radical (unpaired) electrons. The molecular formula is C26H26F4N2O3S. The van der Waals surface area contributed by atoms with Gasteiger partial charge in [0.15, 0.2) is 0 Å².